The average molecular weight is 354 g/mol. The summed E-state index contributed by atoms with van der Waals surface area (Å²) >= 11 is 1.35. The molecule has 4 nitrogen and oxygen atoms in total. The summed E-state index contributed by atoms with van der Waals surface area (Å²) in [6.07, 6.45) is 3.99. The van der Waals surface area contributed by atoms with Crippen LogP contribution in [-0.4, -0.2) is 35.6 Å². The molecule has 0 amide bonds. The molecule has 1 aromatic carbocycles. The van der Waals surface area contributed by atoms with Crippen LogP contribution in [0.15, 0.2) is 23.0 Å². The third kappa shape index (κ3) is 3.20. The molecule has 0 radical (unpaired) electrons. The predicted molar refractivity (Wildman–Crippen MR) is 98.7 cm³/mol. The highest BCUT2D eigenvalue weighted by atomic mass is 35.5. The molecular formula is C17H24ClN3OS. The van der Waals surface area contributed by atoms with Crippen LogP contribution in [0.4, 0.5) is 0 Å². The van der Waals surface area contributed by atoms with E-state index in [0.29, 0.717) is 5.41 Å². The first kappa shape index (κ1) is 17.0. The van der Waals surface area contributed by atoms with Gasteiger partial charge in [-0.25, -0.2) is 0 Å². The summed E-state index contributed by atoms with van der Waals surface area (Å²) in [4.78, 5) is 14.5. The third-order valence-corrected chi connectivity index (χ3v) is 6.44. The van der Waals surface area contributed by atoms with Crippen LogP contribution in [0.5, 0.6) is 0 Å². The molecule has 2 aliphatic rings. The molecule has 0 aliphatic carbocycles. The summed E-state index contributed by atoms with van der Waals surface area (Å²) in [7, 11) is 1.85. The second-order valence-electron chi connectivity index (χ2n) is 6.94. The van der Waals surface area contributed by atoms with Crippen molar-refractivity contribution in [3.8, 4) is 0 Å². The highest BCUT2D eigenvalue weighted by Crippen LogP contribution is 2.39. The first-order chi connectivity index (χ1) is 10.7. The molecule has 1 spiro atoms. The van der Waals surface area contributed by atoms with E-state index in [1.807, 2.05) is 7.05 Å². The van der Waals surface area contributed by atoms with Gasteiger partial charge in [-0.05, 0) is 62.0 Å². The minimum atomic E-state index is 0. The molecule has 6 heteroatoms. The van der Waals surface area contributed by atoms with Gasteiger partial charge in [-0.2, -0.15) is 0 Å². The van der Waals surface area contributed by atoms with Gasteiger partial charge < -0.3 is 9.88 Å². The normalized spacial score (nSPS) is 20.9. The van der Waals surface area contributed by atoms with Crippen molar-refractivity contribution in [1.29, 1.82) is 0 Å². The Morgan fingerprint density at radius 3 is 2.83 bits per heavy atom. The van der Waals surface area contributed by atoms with Gasteiger partial charge in [0.05, 0.1) is 10.2 Å². The molecule has 23 heavy (non-hydrogen) atoms. The molecule has 4 rings (SSSR count). The van der Waals surface area contributed by atoms with Gasteiger partial charge in [0.1, 0.15) is 0 Å². The zero-order valence-corrected chi connectivity index (χ0v) is 15.1. The number of halogens is 1. The van der Waals surface area contributed by atoms with Gasteiger partial charge in [0.2, 0.25) is 0 Å². The van der Waals surface area contributed by atoms with Crippen molar-refractivity contribution in [3.63, 3.8) is 0 Å². The lowest BCUT2D eigenvalue weighted by Gasteiger charge is -2.33. The Bertz CT molecular complexity index is 748. The van der Waals surface area contributed by atoms with Crippen molar-refractivity contribution >= 4 is 34.0 Å². The van der Waals surface area contributed by atoms with E-state index in [-0.39, 0.29) is 17.3 Å². The molecule has 2 aliphatic heterocycles. The fourth-order valence-electron chi connectivity index (χ4n) is 4.06. The van der Waals surface area contributed by atoms with E-state index in [4.69, 9.17) is 0 Å². The van der Waals surface area contributed by atoms with Crippen LogP contribution in [-0.2, 0) is 13.6 Å². The maximum absolute atomic E-state index is 11.8. The number of hydrogen-bond acceptors (Lipinski definition) is 4. The summed E-state index contributed by atoms with van der Waals surface area (Å²) in [5, 5.41) is 3.48. The van der Waals surface area contributed by atoms with Crippen molar-refractivity contribution in [1.82, 2.24) is 14.8 Å². The fourth-order valence-corrected chi connectivity index (χ4v) is 5.01. The Balaban J connectivity index is 0.00000156. The van der Waals surface area contributed by atoms with Crippen molar-refractivity contribution < 1.29 is 0 Å². The molecular weight excluding hydrogens is 330 g/mol. The predicted octanol–water partition coefficient (Wildman–Crippen LogP) is 2.60. The van der Waals surface area contributed by atoms with E-state index in [0.717, 1.165) is 16.8 Å². The van der Waals surface area contributed by atoms with Gasteiger partial charge in [0.15, 0.2) is 0 Å². The Hall–Kier alpha value is -0.880. The molecule has 126 valence electrons. The fraction of sp³-hybridized carbons (Fsp3) is 0.588. The maximum Gasteiger partial charge on any atom is 0.307 e. The minimum absolute atomic E-state index is 0. The number of fused-ring (bicyclic) bond motifs is 1. The highest BCUT2D eigenvalue weighted by Gasteiger charge is 2.38. The van der Waals surface area contributed by atoms with Crippen LogP contribution >= 0.6 is 23.7 Å². The lowest BCUT2D eigenvalue weighted by atomic mass is 9.78. The van der Waals surface area contributed by atoms with Crippen LogP contribution in [0.2, 0.25) is 0 Å². The van der Waals surface area contributed by atoms with Crippen LogP contribution in [0, 0.1) is 5.41 Å². The van der Waals surface area contributed by atoms with Gasteiger partial charge in [-0.15, -0.1) is 12.4 Å². The second-order valence-corrected chi connectivity index (χ2v) is 7.93. The van der Waals surface area contributed by atoms with E-state index in [2.05, 4.69) is 28.4 Å². The van der Waals surface area contributed by atoms with Gasteiger partial charge in [-0.3, -0.25) is 9.69 Å². The van der Waals surface area contributed by atoms with Crippen LogP contribution < -0.4 is 10.2 Å². The van der Waals surface area contributed by atoms with Gasteiger partial charge >= 0.3 is 4.87 Å². The molecule has 0 bridgehead atoms. The molecule has 0 unspecified atom stereocenters. The number of benzene rings is 1. The topological polar surface area (TPSA) is 37.3 Å². The first-order valence-electron chi connectivity index (χ1n) is 8.17. The molecule has 3 heterocycles. The van der Waals surface area contributed by atoms with Crippen molar-refractivity contribution in [2.75, 3.05) is 26.2 Å². The smallest absolute Gasteiger partial charge is 0.307 e. The Kier molecular flexibility index (Phi) is 4.83. The van der Waals surface area contributed by atoms with E-state index < -0.39 is 0 Å². The second kappa shape index (κ2) is 6.55. The lowest BCUT2D eigenvalue weighted by Crippen LogP contribution is -2.38. The lowest BCUT2D eigenvalue weighted by molar-refractivity contribution is 0.194. The molecule has 2 aromatic rings. The molecule has 0 atom stereocenters. The number of piperidine rings is 1. The number of rotatable bonds is 2. The summed E-state index contributed by atoms with van der Waals surface area (Å²) in [6.45, 7) is 5.82. The Morgan fingerprint density at radius 1 is 1.26 bits per heavy atom. The molecule has 2 saturated heterocycles. The molecule has 1 aromatic heterocycles. The number of nitrogens with one attached hydrogen (secondary N) is 1. The van der Waals surface area contributed by atoms with Gasteiger partial charge in [0, 0.05) is 20.1 Å². The zero-order valence-electron chi connectivity index (χ0n) is 13.5. The summed E-state index contributed by atoms with van der Waals surface area (Å²) < 4.78 is 2.85. The Labute approximate surface area is 146 Å². The number of hydrogen-bond donors (Lipinski definition) is 1. The van der Waals surface area contributed by atoms with Crippen molar-refractivity contribution in [2.45, 2.75) is 25.8 Å². The number of nitrogens with zero attached hydrogens (tertiary/aromatic N) is 2. The maximum atomic E-state index is 11.8. The standard InChI is InChI=1S/C17H23N3OS.ClH/c1-19-14-3-2-13(10-15(14)22-16(19)21)11-20-9-6-17(12-20)4-7-18-8-5-17;/h2-3,10,18H,4-9,11-12H2,1H3;1H. The summed E-state index contributed by atoms with van der Waals surface area (Å²) in [5.74, 6) is 0. The number of thiazole rings is 1. The SMILES string of the molecule is Cl.Cn1c(=O)sc2cc(CN3CCC4(CCNCC4)C3)ccc21. The monoisotopic (exact) mass is 353 g/mol. The van der Waals surface area contributed by atoms with Crippen molar-refractivity contribution in [2.24, 2.45) is 12.5 Å². The molecule has 1 N–H and O–H groups in total. The van der Waals surface area contributed by atoms with E-state index >= 15 is 0 Å². The van der Waals surface area contributed by atoms with Crippen LogP contribution in [0.1, 0.15) is 24.8 Å². The Morgan fingerprint density at radius 2 is 2.04 bits per heavy atom. The van der Waals surface area contributed by atoms with Crippen LogP contribution in [0.25, 0.3) is 10.2 Å². The van der Waals surface area contributed by atoms with E-state index in [1.165, 1.54) is 62.3 Å². The largest absolute Gasteiger partial charge is 0.317 e. The zero-order chi connectivity index (χ0) is 15.2. The van der Waals surface area contributed by atoms with Crippen LogP contribution in [0.3, 0.4) is 0 Å². The quantitative estimate of drug-likeness (QED) is 0.901. The van der Waals surface area contributed by atoms with E-state index in [1.54, 1.807) is 4.57 Å². The third-order valence-electron chi connectivity index (χ3n) is 5.44. The molecule has 2 fully saturated rings. The van der Waals surface area contributed by atoms with Crippen molar-refractivity contribution in [3.05, 3.63) is 33.4 Å². The highest BCUT2D eigenvalue weighted by molar-refractivity contribution is 7.16. The minimum Gasteiger partial charge on any atom is -0.317 e. The first-order valence-corrected chi connectivity index (χ1v) is 8.98. The summed E-state index contributed by atoms with van der Waals surface area (Å²) in [5.41, 5.74) is 2.95. The summed E-state index contributed by atoms with van der Waals surface area (Å²) in [6, 6.07) is 6.48. The number of aromatic nitrogens is 1. The van der Waals surface area contributed by atoms with Gasteiger partial charge in [-0.1, -0.05) is 17.4 Å². The average Bonchev–Trinajstić information content (AvgIpc) is 3.02. The molecule has 0 saturated carbocycles. The number of likely N-dealkylation sites (tertiary alicyclic amines) is 1. The van der Waals surface area contributed by atoms with E-state index in [9.17, 15) is 4.79 Å². The number of aryl methyl sites for hydroxylation is 1. The van der Waals surface area contributed by atoms with Gasteiger partial charge in [0.25, 0.3) is 0 Å².